The van der Waals surface area contributed by atoms with Gasteiger partial charge in [0.25, 0.3) is 15.9 Å². The highest BCUT2D eigenvalue weighted by atomic mass is 32.2. The fraction of sp³-hybridized carbons (Fsp3) is 0.238. The molecule has 0 bridgehead atoms. The first-order valence-electron chi connectivity index (χ1n) is 9.15. The Bertz CT molecular complexity index is 1160. The van der Waals surface area contributed by atoms with Crippen molar-refractivity contribution in [1.82, 2.24) is 14.9 Å². The highest BCUT2D eigenvalue weighted by Crippen LogP contribution is 2.29. The summed E-state index contributed by atoms with van der Waals surface area (Å²) in [6.45, 7) is 5.51. The lowest BCUT2D eigenvalue weighted by Crippen LogP contribution is -2.32. The second-order valence-corrected chi connectivity index (χ2v) is 9.11. The van der Waals surface area contributed by atoms with Crippen LogP contribution in [0.25, 0.3) is 11.3 Å². The smallest absolute Gasteiger partial charge is 0.281 e. The number of sulfonamides is 1. The van der Waals surface area contributed by atoms with E-state index in [1.807, 2.05) is 20.8 Å². The van der Waals surface area contributed by atoms with Crippen LogP contribution in [0.2, 0.25) is 0 Å². The van der Waals surface area contributed by atoms with Gasteiger partial charge >= 0.3 is 0 Å². The van der Waals surface area contributed by atoms with Crippen LogP contribution < -0.4 is 14.2 Å². The Kier molecular flexibility index (Phi) is 5.84. The van der Waals surface area contributed by atoms with Crippen molar-refractivity contribution in [2.75, 3.05) is 7.11 Å². The van der Waals surface area contributed by atoms with E-state index in [4.69, 9.17) is 9.47 Å². The maximum atomic E-state index is 12.7. The van der Waals surface area contributed by atoms with Gasteiger partial charge in [-0.25, -0.2) is 4.72 Å². The number of carbonyl (C=O) groups excluding carboxylic acids is 1. The third kappa shape index (κ3) is 4.80. The molecule has 0 aliphatic rings. The number of carbonyl (C=O) groups is 1. The van der Waals surface area contributed by atoms with Gasteiger partial charge in [0.05, 0.1) is 18.4 Å². The highest BCUT2D eigenvalue weighted by molar-refractivity contribution is 7.90. The molecule has 0 fully saturated rings. The zero-order valence-corrected chi connectivity index (χ0v) is 17.9. The van der Waals surface area contributed by atoms with Gasteiger partial charge in [-0.3, -0.25) is 9.89 Å². The summed E-state index contributed by atoms with van der Waals surface area (Å²) in [6.07, 6.45) is 0. The van der Waals surface area contributed by atoms with Crippen LogP contribution in [0.1, 0.15) is 31.1 Å². The number of nitrogens with zero attached hydrogens (tertiary/aromatic N) is 1. The second-order valence-electron chi connectivity index (χ2n) is 7.46. The molecule has 0 aliphatic heterocycles. The molecule has 2 N–H and O–H groups in total. The molecule has 3 aromatic rings. The van der Waals surface area contributed by atoms with Crippen molar-refractivity contribution < 1.29 is 22.7 Å². The quantitative estimate of drug-likeness (QED) is 0.622. The van der Waals surface area contributed by atoms with Gasteiger partial charge in [-0.2, -0.15) is 13.5 Å². The van der Waals surface area contributed by atoms with Crippen LogP contribution in [0, 0.1) is 0 Å². The summed E-state index contributed by atoms with van der Waals surface area (Å²) in [7, 11) is -2.67. The van der Waals surface area contributed by atoms with Crippen molar-refractivity contribution in [2.45, 2.75) is 31.4 Å². The Morgan fingerprint density at radius 2 is 1.67 bits per heavy atom. The molecule has 0 spiro atoms. The van der Waals surface area contributed by atoms with E-state index < -0.39 is 21.5 Å². The van der Waals surface area contributed by atoms with Crippen molar-refractivity contribution in [3.05, 3.63) is 60.2 Å². The number of aromatic amines is 1. The SMILES string of the molecule is COc1ccccc1-c1cc(S(=O)(=O)NC(=O)c2ccccc2OC(C)(C)C)[nH]n1. The normalized spacial score (nSPS) is 11.7. The predicted octanol–water partition coefficient (Wildman–Crippen LogP) is 3.38. The molecule has 3 rings (SSSR count). The van der Waals surface area contributed by atoms with Crippen LogP contribution in [-0.4, -0.2) is 37.2 Å². The van der Waals surface area contributed by atoms with Gasteiger partial charge in [0.1, 0.15) is 17.1 Å². The molecule has 1 aromatic heterocycles. The summed E-state index contributed by atoms with van der Waals surface area (Å²) in [6, 6.07) is 14.9. The van der Waals surface area contributed by atoms with E-state index >= 15 is 0 Å². The molecule has 30 heavy (non-hydrogen) atoms. The average molecular weight is 429 g/mol. The summed E-state index contributed by atoms with van der Waals surface area (Å²) >= 11 is 0. The molecule has 2 aromatic carbocycles. The topological polar surface area (TPSA) is 110 Å². The Hall–Kier alpha value is -3.33. The fourth-order valence-electron chi connectivity index (χ4n) is 2.74. The van der Waals surface area contributed by atoms with Crippen molar-refractivity contribution in [3.8, 4) is 22.8 Å². The van der Waals surface area contributed by atoms with E-state index in [0.29, 0.717) is 17.0 Å². The monoisotopic (exact) mass is 429 g/mol. The minimum Gasteiger partial charge on any atom is -0.496 e. The van der Waals surface area contributed by atoms with E-state index in [2.05, 4.69) is 14.9 Å². The molecular weight excluding hydrogens is 406 g/mol. The molecular formula is C21H23N3O5S. The number of H-pyrrole nitrogens is 1. The zero-order valence-electron chi connectivity index (χ0n) is 17.1. The van der Waals surface area contributed by atoms with Crippen molar-refractivity contribution >= 4 is 15.9 Å². The van der Waals surface area contributed by atoms with Crippen LogP contribution in [0.15, 0.2) is 59.6 Å². The van der Waals surface area contributed by atoms with Crippen LogP contribution in [0.5, 0.6) is 11.5 Å². The molecule has 158 valence electrons. The van der Waals surface area contributed by atoms with Gasteiger partial charge in [-0.15, -0.1) is 0 Å². The third-order valence-electron chi connectivity index (χ3n) is 4.00. The van der Waals surface area contributed by atoms with Gasteiger partial charge in [-0.1, -0.05) is 24.3 Å². The zero-order chi connectivity index (χ0) is 21.9. The number of para-hydroxylation sites is 2. The maximum absolute atomic E-state index is 12.7. The Morgan fingerprint density at radius 3 is 2.33 bits per heavy atom. The van der Waals surface area contributed by atoms with E-state index in [-0.39, 0.29) is 16.3 Å². The van der Waals surface area contributed by atoms with E-state index in [1.165, 1.54) is 19.2 Å². The van der Waals surface area contributed by atoms with Crippen LogP contribution in [-0.2, 0) is 10.0 Å². The molecule has 0 unspecified atom stereocenters. The number of hydrogen-bond donors (Lipinski definition) is 2. The van der Waals surface area contributed by atoms with Crippen LogP contribution >= 0.6 is 0 Å². The highest BCUT2D eigenvalue weighted by Gasteiger charge is 2.25. The number of nitrogens with one attached hydrogen (secondary N) is 2. The Morgan fingerprint density at radius 1 is 1.03 bits per heavy atom. The van der Waals surface area contributed by atoms with Crippen LogP contribution in [0.4, 0.5) is 0 Å². The van der Waals surface area contributed by atoms with E-state index in [0.717, 1.165) is 0 Å². The molecule has 0 atom stereocenters. The number of benzene rings is 2. The number of methoxy groups -OCH3 is 1. The first-order valence-corrected chi connectivity index (χ1v) is 10.6. The molecule has 1 heterocycles. The van der Waals surface area contributed by atoms with E-state index in [9.17, 15) is 13.2 Å². The molecule has 1 amide bonds. The fourth-order valence-corrected chi connectivity index (χ4v) is 3.64. The molecule has 0 aliphatic carbocycles. The first-order chi connectivity index (χ1) is 14.1. The summed E-state index contributed by atoms with van der Waals surface area (Å²) in [4.78, 5) is 12.7. The van der Waals surface area contributed by atoms with Gasteiger partial charge in [0.15, 0.2) is 5.03 Å². The van der Waals surface area contributed by atoms with Crippen LogP contribution in [0.3, 0.4) is 0 Å². The maximum Gasteiger partial charge on any atom is 0.281 e. The lowest BCUT2D eigenvalue weighted by atomic mass is 10.1. The molecule has 0 saturated carbocycles. The minimum absolute atomic E-state index is 0.112. The van der Waals surface area contributed by atoms with Crippen molar-refractivity contribution in [1.29, 1.82) is 0 Å². The third-order valence-corrected chi connectivity index (χ3v) is 5.24. The Balaban J connectivity index is 1.86. The van der Waals surface area contributed by atoms with Gasteiger partial charge in [0.2, 0.25) is 0 Å². The summed E-state index contributed by atoms with van der Waals surface area (Å²) < 4.78 is 38.6. The van der Waals surface area contributed by atoms with E-state index in [1.54, 1.807) is 42.5 Å². The first kappa shape index (κ1) is 21.4. The van der Waals surface area contributed by atoms with Crippen molar-refractivity contribution in [3.63, 3.8) is 0 Å². The average Bonchev–Trinajstić information content (AvgIpc) is 3.18. The second kappa shape index (κ2) is 8.19. The summed E-state index contributed by atoms with van der Waals surface area (Å²) in [5.74, 6) is 0.0329. The molecule has 8 nitrogen and oxygen atoms in total. The number of aromatic nitrogens is 2. The molecule has 0 radical (unpaired) electrons. The largest absolute Gasteiger partial charge is 0.496 e. The minimum atomic E-state index is -4.19. The summed E-state index contributed by atoms with van der Waals surface area (Å²) in [5, 5.41) is 6.27. The number of ether oxygens (including phenoxy) is 2. The summed E-state index contributed by atoms with van der Waals surface area (Å²) in [5.41, 5.74) is 0.549. The Labute approximate surface area is 175 Å². The van der Waals surface area contributed by atoms with Crippen molar-refractivity contribution in [2.24, 2.45) is 0 Å². The molecule has 9 heteroatoms. The number of hydrogen-bond acceptors (Lipinski definition) is 6. The van der Waals surface area contributed by atoms with Gasteiger partial charge in [0, 0.05) is 11.6 Å². The van der Waals surface area contributed by atoms with Gasteiger partial charge < -0.3 is 9.47 Å². The molecule has 0 saturated heterocycles. The standard InChI is InChI=1S/C21H23N3O5S/c1-21(2,3)29-18-12-8-6-10-15(18)20(25)24-30(26,27)19-13-16(22-23-19)14-9-5-7-11-17(14)28-4/h5-13H,1-4H3,(H,22,23)(H,24,25). The lowest BCUT2D eigenvalue weighted by molar-refractivity contribution is 0.0960. The number of rotatable bonds is 6. The predicted molar refractivity (Wildman–Crippen MR) is 112 cm³/mol. The number of amides is 1. The van der Waals surface area contributed by atoms with Gasteiger partial charge in [-0.05, 0) is 45.0 Å². The lowest BCUT2D eigenvalue weighted by Gasteiger charge is -2.22.